The molecule has 0 aliphatic heterocycles. The molecule has 1 aromatic heterocycles. The fraction of sp³-hybridized carbons (Fsp3) is 0.0833. The van der Waals surface area contributed by atoms with E-state index in [0.717, 1.165) is 10.4 Å². The third kappa shape index (κ3) is 1.70. The van der Waals surface area contributed by atoms with E-state index in [2.05, 4.69) is 0 Å². The second-order valence-corrected chi connectivity index (χ2v) is 4.33. The summed E-state index contributed by atoms with van der Waals surface area (Å²) in [6.07, 6.45) is 0.571. The molecule has 1 aromatic carbocycles. The van der Waals surface area contributed by atoms with Crippen molar-refractivity contribution < 1.29 is 9.18 Å². The highest BCUT2D eigenvalue weighted by Crippen LogP contribution is 2.30. The summed E-state index contributed by atoms with van der Waals surface area (Å²) in [5, 5.41) is 1.93. The molecule has 2 aromatic rings. The minimum atomic E-state index is -0.465. The third-order valence-electron chi connectivity index (χ3n) is 2.32. The van der Waals surface area contributed by atoms with Crippen LogP contribution in [0.2, 0.25) is 0 Å². The van der Waals surface area contributed by atoms with E-state index in [-0.39, 0.29) is 5.56 Å². The average molecular weight is 220 g/mol. The quantitative estimate of drug-likeness (QED) is 0.706. The number of halogens is 1. The molecule has 0 radical (unpaired) electrons. The van der Waals surface area contributed by atoms with Crippen LogP contribution < -0.4 is 0 Å². The first-order chi connectivity index (χ1) is 7.24. The van der Waals surface area contributed by atoms with Crippen LogP contribution in [-0.4, -0.2) is 6.29 Å². The Morgan fingerprint density at radius 3 is 2.67 bits per heavy atom. The summed E-state index contributed by atoms with van der Waals surface area (Å²) in [7, 11) is 0. The molecule has 0 aliphatic carbocycles. The van der Waals surface area contributed by atoms with E-state index in [9.17, 15) is 9.18 Å². The molecule has 0 saturated heterocycles. The number of hydrogen-bond acceptors (Lipinski definition) is 2. The van der Waals surface area contributed by atoms with E-state index >= 15 is 0 Å². The number of hydrogen-bond donors (Lipinski definition) is 0. The Labute approximate surface area is 91.2 Å². The van der Waals surface area contributed by atoms with Crippen LogP contribution in [0.5, 0.6) is 0 Å². The van der Waals surface area contributed by atoms with E-state index in [1.807, 2.05) is 18.4 Å². The maximum atomic E-state index is 13.3. The van der Waals surface area contributed by atoms with E-state index in [1.165, 1.54) is 6.07 Å². The third-order valence-corrected chi connectivity index (χ3v) is 3.17. The lowest BCUT2D eigenvalue weighted by atomic mass is 10.0. The van der Waals surface area contributed by atoms with Crippen molar-refractivity contribution in [1.29, 1.82) is 0 Å². The molecule has 1 heterocycles. The predicted molar refractivity (Wildman–Crippen MR) is 59.8 cm³/mol. The van der Waals surface area contributed by atoms with E-state index in [1.54, 1.807) is 23.5 Å². The highest BCUT2D eigenvalue weighted by atomic mass is 32.1. The Balaban J connectivity index is 2.68. The molecule has 1 nitrogen and oxygen atoms in total. The molecule has 0 N–H and O–H groups in total. The normalized spacial score (nSPS) is 10.3. The number of benzene rings is 1. The SMILES string of the molecule is Cc1sccc1-c1cccc(F)c1C=O. The fourth-order valence-corrected chi connectivity index (χ4v) is 2.27. The molecule has 15 heavy (non-hydrogen) atoms. The molecule has 0 amide bonds. The van der Waals surface area contributed by atoms with Crippen molar-refractivity contribution in [3.63, 3.8) is 0 Å². The Kier molecular flexibility index (Phi) is 2.64. The van der Waals surface area contributed by atoms with Crippen molar-refractivity contribution in [1.82, 2.24) is 0 Å². The van der Waals surface area contributed by atoms with Crippen LogP contribution in [0.4, 0.5) is 4.39 Å². The van der Waals surface area contributed by atoms with Crippen molar-refractivity contribution in [2.24, 2.45) is 0 Å². The fourth-order valence-electron chi connectivity index (χ4n) is 1.56. The van der Waals surface area contributed by atoms with Gasteiger partial charge in [-0.3, -0.25) is 4.79 Å². The average Bonchev–Trinajstić information content (AvgIpc) is 2.64. The molecule has 76 valence electrons. The molecule has 2 rings (SSSR count). The van der Waals surface area contributed by atoms with Gasteiger partial charge in [-0.15, -0.1) is 11.3 Å². The molecular weight excluding hydrogens is 211 g/mol. The number of carbonyl (C=O) groups is 1. The van der Waals surface area contributed by atoms with Crippen molar-refractivity contribution in [2.45, 2.75) is 6.92 Å². The van der Waals surface area contributed by atoms with Crippen LogP contribution >= 0.6 is 11.3 Å². The molecule has 0 unspecified atom stereocenters. The summed E-state index contributed by atoms with van der Waals surface area (Å²) in [5.41, 5.74) is 1.74. The van der Waals surface area contributed by atoms with Crippen molar-refractivity contribution in [2.75, 3.05) is 0 Å². The van der Waals surface area contributed by atoms with Crippen LogP contribution in [0, 0.1) is 12.7 Å². The number of thiophene rings is 1. The Morgan fingerprint density at radius 2 is 2.07 bits per heavy atom. The Bertz CT molecular complexity index is 502. The minimum absolute atomic E-state index is 0.138. The lowest BCUT2D eigenvalue weighted by Gasteiger charge is -2.04. The summed E-state index contributed by atoms with van der Waals surface area (Å²) < 4.78 is 13.3. The van der Waals surface area contributed by atoms with Gasteiger partial charge >= 0.3 is 0 Å². The van der Waals surface area contributed by atoms with Crippen molar-refractivity contribution >= 4 is 17.6 Å². The molecule has 0 aliphatic rings. The van der Waals surface area contributed by atoms with E-state index in [0.29, 0.717) is 11.8 Å². The number of aryl methyl sites for hydroxylation is 1. The number of rotatable bonds is 2. The van der Waals surface area contributed by atoms with Gasteiger partial charge in [0.2, 0.25) is 0 Å². The van der Waals surface area contributed by atoms with E-state index < -0.39 is 5.82 Å². The van der Waals surface area contributed by atoms with Crippen LogP contribution in [0.15, 0.2) is 29.6 Å². The van der Waals surface area contributed by atoms with Gasteiger partial charge in [-0.25, -0.2) is 4.39 Å². The first kappa shape index (κ1) is 10.1. The summed E-state index contributed by atoms with van der Waals surface area (Å²) in [6.45, 7) is 1.96. The molecule has 3 heteroatoms. The highest BCUT2D eigenvalue weighted by Gasteiger charge is 2.11. The lowest BCUT2D eigenvalue weighted by Crippen LogP contribution is -1.92. The first-order valence-electron chi connectivity index (χ1n) is 4.52. The van der Waals surface area contributed by atoms with Crippen LogP contribution in [0.25, 0.3) is 11.1 Å². The molecular formula is C12H9FOS. The maximum absolute atomic E-state index is 13.3. The summed E-state index contributed by atoms with van der Waals surface area (Å²) in [4.78, 5) is 11.9. The van der Waals surface area contributed by atoms with Gasteiger partial charge in [-0.2, -0.15) is 0 Å². The summed E-state index contributed by atoms with van der Waals surface area (Å²) >= 11 is 1.59. The van der Waals surface area contributed by atoms with Crippen molar-refractivity contribution in [3.8, 4) is 11.1 Å². The smallest absolute Gasteiger partial charge is 0.153 e. The van der Waals surface area contributed by atoms with Gasteiger partial charge in [0, 0.05) is 4.88 Å². The maximum Gasteiger partial charge on any atom is 0.153 e. The largest absolute Gasteiger partial charge is 0.298 e. The van der Waals surface area contributed by atoms with E-state index in [4.69, 9.17) is 0 Å². The summed E-state index contributed by atoms with van der Waals surface area (Å²) in [6, 6.07) is 6.59. The van der Waals surface area contributed by atoms with Crippen LogP contribution in [0.1, 0.15) is 15.2 Å². The highest BCUT2D eigenvalue weighted by molar-refractivity contribution is 7.10. The minimum Gasteiger partial charge on any atom is -0.298 e. The summed E-state index contributed by atoms with van der Waals surface area (Å²) in [5.74, 6) is -0.465. The van der Waals surface area contributed by atoms with Crippen molar-refractivity contribution in [3.05, 3.63) is 45.9 Å². The van der Waals surface area contributed by atoms with Crippen LogP contribution in [-0.2, 0) is 0 Å². The van der Waals surface area contributed by atoms with Gasteiger partial charge < -0.3 is 0 Å². The van der Waals surface area contributed by atoms with Gasteiger partial charge in [0.05, 0.1) is 5.56 Å². The zero-order chi connectivity index (χ0) is 10.8. The van der Waals surface area contributed by atoms with Gasteiger partial charge in [0.15, 0.2) is 6.29 Å². The second-order valence-electron chi connectivity index (χ2n) is 3.21. The van der Waals surface area contributed by atoms with Gasteiger partial charge in [-0.1, -0.05) is 12.1 Å². The standard InChI is InChI=1S/C12H9FOS/c1-8-9(5-6-15-8)10-3-2-4-12(13)11(10)7-14/h2-7H,1H3. The molecule has 0 bridgehead atoms. The molecule has 0 spiro atoms. The predicted octanol–water partition coefficient (Wildman–Crippen LogP) is 3.68. The molecule has 0 atom stereocenters. The zero-order valence-corrected chi connectivity index (χ0v) is 8.98. The Morgan fingerprint density at radius 1 is 1.27 bits per heavy atom. The number of carbonyl (C=O) groups excluding carboxylic acids is 1. The second kappa shape index (κ2) is 3.95. The zero-order valence-electron chi connectivity index (χ0n) is 8.16. The van der Waals surface area contributed by atoms with Crippen LogP contribution in [0.3, 0.4) is 0 Å². The van der Waals surface area contributed by atoms with Gasteiger partial charge in [0.25, 0.3) is 0 Å². The van der Waals surface area contributed by atoms with Gasteiger partial charge in [-0.05, 0) is 35.6 Å². The topological polar surface area (TPSA) is 17.1 Å². The molecule has 0 fully saturated rings. The Hall–Kier alpha value is -1.48. The van der Waals surface area contributed by atoms with Gasteiger partial charge in [0.1, 0.15) is 5.82 Å². The monoisotopic (exact) mass is 220 g/mol. The molecule has 0 saturated carbocycles. The number of aldehydes is 1. The first-order valence-corrected chi connectivity index (χ1v) is 5.40. The lowest BCUT2D eigenvalue weighted by molar-refractivity contribution is 0.112.